The number of rotatable bonds is 6. The normalized spacial score (nSPS) is 11.4. The number of fused-ring (bicyclic) bond motifs is 4. The van der Waals surface area contributed by atoms with E-state index in [4.69, 9.17) is 0 Å². The highest BCUT2D eigenvalue weighted by molar-refractivity contribution is 6.25. The second-order valence-electron chi connectivity index (χ2n) is 12.5. The Bertz CT molecular complexity index is 2590. The molecule has 9 aromatic carbocycles. The van der Waals surface area contributed by atoms with E-state index in [0.717, 1.165) is 12.2 Å². The Kier molecular flexibility index (Phi) is 6.95. The summed E-state index contributed by atoms with van der Waals surface area (Å²) >= 11 is 0. The third kappa shape index (κ3) is 4.89. The molecule has 0 amide bonds. The van der Waals surface area contributed by atoms with E-state index in [1.165, 1.54) is 82.0 Å². The first-order valence-corrected chi connectivity index (χ1v) is 16.6. The Morgan fingerprint density at radius 3 is 1.44 bits per heavy atom. The minimum absolute atomic E-state index is 0.785. The summed E-state index contributed by atoms with van der Waals surface area (Å²) in [5.74, 6) is 0. The van der Waals surface area contributed by atoms with Crippen LogP contribution in [0.1, 0.15) is 5.56 Å². The van der Waals surface area contributed by atoms with Gasteiger partial charge < -0.3 is 5.32 Å². The van der Waals surface area contributed by atoms with E-state index in [1.807, 2.05) is 6.07 Å². The lowest BCUT2D eigenvalue weighted by atomic mass is 9.83. The van der Waals surface area contributed by atoms with Crippen LogP contribution in [0.4, 0.5) is 5.69 Å². The van der Waals surface area contributed by atoms with Gasteiger partial charge in [-0.2, -0.15) is 0 Å². The van der Waals surface area contributed by atoms with Crippen LogP contribution in [-0.2, 0) is 6.54 Å². The van der Waals surface area contributed by atoms with Gasteiger partial charge in [-0.15, -0.1) is 0 Å². The van der Waals surface area contributed by atoms with E-state index in [9.17, 15) is 0 Å². The van der Waals surface area contributed by atoms with Gasteiger partial charge in [-0.3, -0.25) is 0 Å². The van der Waals surface area contributed by atoms with E-state index in [2.05, 4.69) is 181 Å². The van der Waals surface area contributed by atoms with Gasteiger partial charge in [-0.05, 0) is 100 Å². The first-order chi connectivity index (χ1) is 23.8. The van der Waals surface area contributed by atoms with Crippen LogP contribution in [0.3, 0.4) is 0 Å². The molecule has 9 aromatic rings. The second-order valence-corrected chi connectivity index (χ2v) is 12.5. The summed E-state index contributed by atoms with van der Waals surface area (Å²) in [5, 5.41) is 13.6. The standard InChI is InChI=1S/C47H33N/c1-2-16-37(17-3-1)48-31-32-24-26-33(27-25-32)36-28-29-44-45(30-36)47(41-23-11-15-35-13-5-7-19-39(35)41)43-21-9-8-20-42(43)46(44)40-22-10-14-34-12-4-6-18-38(34)40/h1-30,48H,31H2. The third-order valence-electron chi connectivity index (χ3n) is 9.70. The zero-order chi connectivity index (χ0) is 31.9. The van der Waals surface area contributed by atoms with Gasteiger partial charge in [-0.1, -0.05) is 164 Å². The van der Waals surface area contributed by atoms with Crippen LogP contribution in [0.15, 0.2) is 182 Å². The van der Waals surface area contributed by atoms with Crippen molar-refractivity contribution in [2.45, 2.75) is 6.54 Å². The molecule has 0 atom stereocenters. The molecule has 9 rings (SSSR count). The van der Waals surface area contributed by atoms with Gasteiger partial charge in [0.25, 0.3) is 0 Å². The molecule has 1 nitrogen and oxygen atoms in total. The molecule has 1 N–H and O–H groups in total. The highest BCUT2D eigenvalue weighted by atomic mass is 14.9. The molecular weight excluding hydrogens is 579 g/mol. The summed E-state index contributed by atoms with van der Waals surface area (Å²) < 4.78 is 0. The number of nitrogens with one attached hydrogen (secondary N) is 1. The fourth-order valence-corrected chi connectivity index (χ4v) is 7.40. The molecule has 0 heterocycles. The van der Waals surface area contributed by atoms with Gasteiger partial charge in [0.15, 0.2) is 0 Å². The summed E-state index contributed by atoms with van der Waals surface area (Å²) in [6.45, 7) is 0.785. The maximum Gasteiger partial charge on any atom is 0.0400 e. The minimum atomic E-state index is 0.785. The predicted molar refractivity (Wildman–Crippen MR) is 207 cm³/mol. The monoisotopic (exact) mass is 611 g/mol. The van der Waals surface area contributed by atoms with Crippen molar-refractivity contribution < 1.29 is 0 Å². The number of anilines is 1. The van der Waals surface area contributed by atoms with Crippen molar-refractivity contribution in [2.24, 2.45) is 0 Å². The summed E-state index contributed by atoms with van der Waals surface area (Å²) in [4.78, 5) is 0. The van der Waals surface area contributed by atoms with E-state index < -0.39 is 0 Å². The minimum Gasteiger partial charge on any atom is -0.381 e. The topological polar surface area (TPSA) is 12.0 Å². The lowest BCUT2D eigenvalue weighted by Gasteiger charge is -2.20. The maximum atomic E-state index is 3.54. The van der Waals surface area contributed by atoms with Gasteiger partial charge in [0.05, 0.1) is 0 Å². The molecule has 0 unspecified atom stereocenters. The molecule has 0 radical (unpaired) electrons. The first-order valence-electron chi connectivity index (χ1n) is 16.6. The van der Waals surface area contributed by atoms with E-state index in [1.54, 1.807) is 0 Å². The fraction of sp³-hybridized carbons (Fsp3) is 0.0213. The highest BCUT2D eigenvalue weighted by Gasteiger charge is 2.19. The van der Waals surface area contributed by atoms with Crippen LogP contribution in [-0.4, -0.2) is 0 Å². The largest absolute Gasteiger partial charge is 0.381 e. The molecule has 48 heavy (non-hydrogen) atoms. The van der Waals surface area contributed by atoms with Gasteiger partial charge in [0, 0.05) is 12.2 Å². The number of benzene rings is 9. The summed E-state index contributed by atoms with van der Waals surface area (Å²) in [7, 11) is 0. The van der Waals surface area contributed by atoms with Crippen molar-refractivity contribution in [2.75, 3.05) is 5.32 Å². The Morgan fingerprint density at radius 2 is 0.812 bits per heavy atom. The zero-order valence-electron chi connectivity index (χ0n) is 26.5. The van der Waals surface area contributed by atoms with E-state index >= 15 is 0 Å². The molecule has 0 spiro atoms. The summed E-state index contributed by atoms with van der Waals surface area (Å²) in [5.41, 5.74) is 9.91. The second kappa shape index (κ2) is 11.9. The number of hydrogen-bond donors (Lipinski definition) is 1. The molecule has 0 saturated heterocycles. The van der Waals surface area contributed by atoms with Gasteiger partial charge in [-0.25, -0.2) is 0 Å². The van der Waals surface area contributed by atoms with E-state index in [-0.39, 0.29) is 0 Å². The van der Waals surface area contributed by atoms with Crippen molar-refractivity contribution in [1.29, 1.82) is 0 Å². The van der Waals surface area contributed by atoms with Crippen LogP contribution < -0.4 is 5.32 Å². The fourth-order valence-electron chi connectivity index (χ4n) is 7.40. The van der Waals surface area contributed by atoms with E-state index in [0.29, 0.717) is 0 Å². The Labute approximate surface area is 280 Å². The lowest BCUT2D eigenvalue weighted by molar-refractivity contribution is 1.15. The quantitative estimate of drug-likeness (QED) is 0.184. The molecule has 0 fully saturated rings. The van der Waals surface area contributed by atoms with Crippen LogP contribution >= 0.6 is 0 Å². The van der Waals surface area contributed by atoms with Crippen molar-refractivity contribution >= 4 is 48.8 Å². The lowest BCUT2D eigenvalue weighted by Crippen LogP contribution is -1.98. The first kappa shape index (κ1) is 28.1. The average Bonchev–Trinajstić information content (AvgIpc) is 3.16. The molecule has 226 valence electrons. The van der Waals surface area contributed by atoms with Crippen molar-refractivity contribution in [3.05, 3.63) is 188 Å². The highest BCUT2D eigenvalue weighted by Crippen LogP contribution is 2.47. The SMILES string of the molecule is c1ccc(NCc2ccc(-c3ccc4c(-c5cccc6ccccc56)c5ccccc5c(-c5cccc6ccccc56)c4c3)cc2)cc1. The molecule has 0 aliphatic heterocycles. The zero-order valence-corrected chi connectivity index (χ0v) is 26.5. The predicted octanol–water partition coefficient (Wildman–Crippen LogP) is 12.9. The smallest absolute Gasteiger partial charge is 0.0400 e. The van der Waals surface area contributed by atoms with Gasteiger partial charge >= 0.3 is 0 Å². The molecular formula is C47H33N. The van der Waals surface area contributed by atoms with Crippen molar-refractivity contribution in [3.8, 4) is 33.4 Å². The molecule has 0 aromatic heterocycles. The van der Waals surface area contributed by atoms with Crippen LogP contribution in [0, 0.1) is 0 Å². The molecule has 1 heteroatoms. The van der Waals surface area contributed by atoms with Crippen LogP contribution in [0.5, 0.6) is 0 Å². The van der Waals surface area contributed by atoms with Crippen LogP contribution in [0.2, 0.25) is 0 Å². The molecule has 0 aliphatic rings. The maximum absolute atomic E-state index is 3.54. The van der Waals surface area contributed by atoms with Crippen molar-refractivity contribution in [1.82, 2.24) is 0 Å². The Morgan fingerprint density at radius 1 is 0.333 bits per heavy atom. The average molecular weight is 612 g/mol. The number of hydrogen-bond acceptors (Lipinski definition) is 1. The molecule has 0 bridgehead atoms. The Balaban J connectivity index is 1.29. The third-order valence-corrected chi connectivity index (χ3v) is 9.70. The molecule has 0 saturated carbocycles. The summed E-state index contributed by atoms with van der Waals surface area (Å²) in [6.07, 6.45) is 0. The summed E-state index contributed by atoms with van der Waals surface area (Å²) in [6, 6.07) is 66.3. The van der Waals surface area contributed by atoms with Crippen LogP contribution in [0.25, 0.3) is 76.5 Å². The molecule has 0 aliphatic carbocycles. The van der Waals surface area contributed by atoms with Crippen molar-refractivity contribution in [3.63, 3.8) is 0 Å². The Hall–Kier alpha value is -6.18. The number of para-hydroxylation sites is 1. The van der Waals surface area contributed by atoms with Gasteiger partial charge in [0.2, 0.25) is 0 Å². The van der Waals surface area contributed by atoms with Gasteiger partial charge in [0.1, 0.15) is 0 Å².